The number of nitrogens with two attached hydrogens (primary N) is 1. The minimum Gasteiger partial charge on any atom is -0.494 e. The normalized spacial score (nSPS) is 17.4. The molecule has 0 saturated carbocycles. The number of dihydropyridines is 1. The molecule has 132 valence electrons. The van der Waals surface area contributed by atoms with Crippen LogP contribution in [0, 0.1) is 0 Å². The van der Waals surface area contributed by atoms with Crippen LogP contribution in [0.3, 0.4) is 0 Å². The molecule has 0 aromatic rings. The first-order valence-corrected chi connectivity index (χ1v) is 8.88. The summed E-state index contributed by atoms with van der Waals surface area (Å²) in [5, 5.41) is 3.33. The first-order valence-electron chi connectivity index (χ1n) is 8.88. The van der Waals surface area contributed by atoms with Gasteiger partial charge in [-0.25, -0.2) is 0 Å². The lowest BCUT2D eigenvalue weighted by molar-refractivity contribution is 0.215. The smallest absolute Gasteiger partial charge is 0.119 e. The van der Waals surface area contributed by atoms with E-state index in [2.05, 4.69) is 30.6 Å². The van der Waals surface area contributed by atoms with Gasteiger partial charge in [0.05, 0.1) is 12.6 Å². The molecule has 1 heterocycles. The SMILES string of the molecule is C=CCCCCOC1=CC(/C=C(\C=C/N)CCCCC=C)NC=C1. The Balaban J connectivity index is 2.50. The van der Waals surface area contributed by atoms with Crippen LogP contribution in [0.25, 0.3) is 0 Å². The highest BCUT2D eigenvalue weighted by molar-refractivity contribution is 5.28. The second kappa shape index (κ2) is 13.3. The molecule has 3 N–H and O–H groups in total. The fourth-order valence-corrected chi connectivity index (χ4v) is 2.49. The van der Waals surface area contributed by atoms with Crippen molar-refractivity contribution in [3.8, 4) is 0 Å². The molecule has 0 aromatic heterocycles. The first kappa shape index (κ1) is 19.9. The van der Waals surface area contributed by atoms with Gasteiger partial charge in [0.1, 0.15) is 5.76 Å². The van der Waals surface area contributed by atoms with Gasteiger partial charge in [-0.2, -0.15) is 0 Å². The van der Waals surface area contributed by atoms with Crippen molar-refractivity contribution in [2.24, 2.45) is 5.73 Å². The molecular weight excluding hydrogens is 296 g/mol. The van der Waals surface area contributed by atoms with Gasteiger partial charge >= 0.3 is 0 Å². The highest BCUT2D eigenvalue weighted by atomic mass is 16.5. The monoisotopic (exact) mass is 328 g/mol. The van der Waals surface area contributed by atoms with Gasteiger partial charge in [0, 0.05) is 6.20 Å². The Morgan fingerprint density at radius 1 is 1.17 bits per heavy atom. The molecule has 1 atom stereocenters. The van der Waals surface area contributed by atoms with Gasteiger partial charge < -0.3 is 15.8 Å². The van der Waals surface area contributed by atoms with E-state index >= 15 is 0 Å². The Kier molecular flexibility index (Phi) is 11.0. The summed E-state index contributed by atoms with van der Waals surface area (Å²) in [5.74, 6) is 0.927. The molecular formula is C21H32N2O. The van der Waals surface area contributed by atoms with Gasteiger partial charge in [0.15, 0.2) is 0 Å². The third-order valence-electron chi connectivity index (χ3n) is 3.78. The number of hydrogen-bond donors (Lipinski definition) is 2. The standard InChI is InChI=1S/C21H32N2O/c1-3-5-7-9-11-19(12-14-22)17-20-18-21(13-15-23-20)24-16-10-8-6-4-2/h3-4,12-15,17-18,20,23H,1-2,5-11,16,22H2/b14-12-,19-17-. The maximum atomic E-state index is 5.83. The van der Waals surface area contributed by atoms with E-state index in [0.717, 1.165) is 57.3 Å². The molecule has 0 radical (unpaired) electrons. The molecule has 1 aliphatic rings. The largest absolute Gasteiger partial charge is 0.494 e. The summed E-state index contributed by atoms with van der Waals surface area (Å²) in [6.45, 7) is 8.25. The molecule has 1 rings (SSSR count). The molecule has 0 aromatic carbocycles. The molecule has 3 heteroatoms. The van der Waals surface area contributed by atoms with E-state index in [-0.39, 0.29) is 6.04 Å². The fourth-order valence-electron chi connectivity index (χ4n) is 2.49. The van der Waals surface area contributed by atoms with E-state index in [4.69, 9.17) is 10.5 Å². The average molecular weight is 329 g/mol. The van der Waals surface area contributed by atoms with Crippen molar-refractivity contribution in [3.63, 3.8) is 0 Å². The first-order chi connectivity index (χ1) is 11.8. The molecule has 0 spiro atoms. The zero-order chi connectivity index (χ0) is 17.5. The van der Waals surface area contributed by atoms with Crippen molar-refractivity contribution in [2.75, 3.05) is 6.61 Å². The Morgan fingerprint density at radius 3 is 2.62 bits per heavy atom. The average Bonchev–Trinajstić information content (AvgIpc) is 2.59. The van der Waals surface area contributed by atoms with E-state index in [1.165, 1.54) is 5.57 Å². The predicted molar refractivity (Wildman–Crippen MR) is 104 cm³/mol. The van der Waals surface area contributed by atoms with E-state index in [9.17, 15) is 0 Å². The Labute approximate surface area is 147 Å². The van der Waals surface area contributed by atoms with Crippen LogP contribution in [0.15, 0.2) is 73.3 Å². The third-order valence-corrected chi connectivity index (χ3v) is 3.78. The van der Waals surface area contributed by atoms with Crippen LogP contribution in [-0.2, 0) is 4.74 Å². The third kappa shape index (κ3) is 9.09. The molecule has 3 nitrogen and oxygen atoms in total. The lowest BCUT2D eigenvalue weighted by Gasteiger charge is -2.18. The minimum atomic E-state index is 0.142. The maximum absolute atomic E-state index is 5.83. The topological polar surface area (TPSA) is 47.3 Å². The number of rotatable bonds is 13. The van der Waals surface area contributed by atoms with Crippen molar-refractivity contribution >= 4 is 0 Å². The van der Waals surface area contributed by atoms with Crippen molar-refractivity contribution in [2.45, 2.75) is 51.0 Å². The maximum Gasteiger partial charge on any atom is 0.119 e. The van der Waals surface area contributed by atoms with Crippen LogP contribution in [-0.4, -0.2) is 12.6 Å². The summed E-state index contributed by atoms with van der Waals surface area (Å²) in [4.78, 5) is 0. The fraction of sp³-hybridized carbons (Fsp3) is 0.429. The summed E-state index contributed by atoms with van der Waals surface area (Å²) >= 11 is 0. The van der Waals surface area contributed by atoms with Crippen molar-refractivity contribution in [1.29, 1.82) is 0 Å². The van der Waals surface area contributed by atoms with E-state index < -0.39 is 0 Å². The zero-order valence-corrected chi connectivity index (χ0v) is 14.8. The lowest BCUT2D eigenvalue weighted by atomic mass is 10.0. The Bertz CT molecular complexity index is 486. The number of nitrogens with one attached hydrogen (secondary N) is 1. The zero-order valence-electron chi connectivity index (χ0n) is 14.8. The molecule has 0 aliphatic carbocycles. The molecule has 24 heavy (non-hydrogen) atoms. The summed E-state index contributed by atoms with van der Waals surface area (Å²) in [6.07, 6.45) is 23.4. The van der Waals surface area contributed by atoms with Crippen LogP contribution in [0.2, 0.25) is 0 Å². The van der Waals surface area contributed by atoms with Crippen LogP contribution in [0.4, 0.5) is 0 Å². The van der Waals surface area contributed by atoms with Gasteiger partial charge in [-0.3, -0.25) is 0 Å². The van der Waals surface area contributed by atoms with Gasteiger partial charge in [-0.1, -0.05) is 18.2 Å². The molecule has 0 fully saturated rings. The van der Waals surface area contributed by atoms with Crippen LogP contribution >= 0.6 is 0 Å². The molecule has 0 bridgehead atoms. The number of hydrogen-bond acceptors (Lipinski definition) is 3. The lowest BCUT2D eigenvalue weighted by Crippen LogP contribution is -2.23. The van der Waals surface area contributed by atoms with E-state index in [1.54, 1.807) is 6.20 Å². The number of unbranched alkanes of at least 4 members (excludes halogenated alkanes) is 4. The second-order valence-electron chi connectivity index (χ2n) is 5.86. The van der Waals surface area contributed by atoms with Crippen molar-refractivity contribution in [1.82, 2.24) is 5.32 Å². The van der Waals surface area contributed by atoms with Crippen molar-refractivity contribution in [3.05, 3.63) is 73.3 Å². The van der Waals surface area contributed by atoms with Gasteiger partial charge in [-0.05, 0) is 74.9 Å². The predicted octanol–water partition coefficient (Wildman–Crippen LogP) is 4.87. The quantitative estimate of drug-likeness (QED) is 0.288. The molecule has 0 saturated heterocycles. The number of ether oxygens (including phenoxy) is 1. The van der Waals surface area contributed by atoms with Crippen LogP contribution in [0.1, 0.15) is 44.9 Å². The highest BCUT2D eigenvalue weighted by Gasteiger charge is 2.08. The van der Waals surface area contributed by atoms with Gasteiger partial charge in [-0.15, -0.1) is 13.2 Å². The van der Waals surface area contributed by atoms with E-state index in [1.807, 2.05) is 30.5 Å². The summed E-state index contributed by atoms with van der Waals surface area (Å²) in [5.41, 5.74) is 6.83. The Morgan fingerprint density at radius 2 is 1.92 bits per heavy atom. The molecule has 1 aliphatic heterocycles. The van der Waals surface area contributed by atoms with Gasteiger partial charge in [0.2, 0.25) is 0 Å². The van der Waals surface area contributed by atoms with Crippen LogP contribution in [0.5, 0.6) is 0 Å². The van der Waals surface area contributed by atoms with Crippen LogP contribution < -0.4 is 11.1 Å². The summed E-state index contributed by atoms with van der Waals surface area (Å²) in [7, 11) is 0. The Hall–Kier alpha value is -2.16. The summed E-state index contributed by atoms with van der Waals surface area (Å²) in [6, 6.07) is 0.142. The van der Waals surface area contributed by atoms with E-state index in [0.29, 0.717) is 0 Å². The second-order valence-corrected chi connectivity index (χ2v) is 5.86. The highest BCUT2D eigenvalue weighted by Crippen LogP contribution is 2.15. The van der Waals surface area contributed by atoms with Gasteiger partial charge in [0.25, 0.3) is 0 Å². The summed E-state index contributed by atoms with van der Waals surface area (Å²) < 4.78 is 5.83. The number of allylic oxidation sites excluding steroid dienone is 5. The molecule has 1 unspecified atom stereocenters. The minimum absolute atomic E-state index is 0.142. The van der Waals surface area contributed by atoms with Crippen molar-refractivity contribution < 1.29 is 4.74 Å². The molecule has 0 amide bonds.